The summed E-state index contributed by atoms with van der Waals surface area (Å²) < 4.78 is 8.31. The lowest BCUT2D eigenvalue weighted by Crippen LogP contribution is -2.40. The highest BCUT2D eigenvalue weighted by atomic mass is 28.4. The van der Waals surface area contributed by atoms with Gasteiger partial charge >= 0.3 is 0 Å². The van der Waals surface area contributed by atoms with Crippen molar-refractivity contribution in [2.24, 2.45) is 0 Å². The molecule has 162 valence electrons. The Hall–Kier alpha value is -2.02. The van der Waals surface area contributed by atoms with Gasteiger partial charge in [-0.3, -0.25) is 0 Å². The fourth-order valence-electron chi connectivity index (χ4n) is 3.38. The summed E-state index contributed by atoms with van der Waals surface area (Å²) >= 11 is 0. The quantitative estimate of drug-likeness (QED) is 0.517. The minimum Gasteiger partial charge on any atom is -0.413 e. The van der Waals surface area contributed by atoms with Crippen LogP contribution in [0.25, 0.3) is 11.0 Å². The molecule has 30 heavy (non-hydrogen) atoms. The van der Waals surface area contributed by atoms with Gasteiger partial charge in [-0.15, -0.1) is 5.10 Å². The number of hydrogen-bond acceptors (Lipinski definition) is 4. The average molecular weight is 426 g/mol. The number of benzene rings is 2. The standard InChI is InChI=1S/C24H35N3O2Si/c1-9-27-21-13-12-20(17(3)22(21)25-26-27)23(28)18-11-10-16(2)19(14-18)15-29-30(7,8)24(4,5)6/h10-14,23,28H,9,15H2,1-8H3. The Morgan fingerprint density at radius 2 is 1.83 bits per heavy atom. The monoisotopic (exact) mass is 425 g/mol. The SMILES string of the molecule is CCn1nnc2c(C)c(C(O)c3ccc(C)c(CO[Si](C)(C)C(C)(C)C)c3)ccc21. The minimum absolute atomic E-state index is 0.167. The first-order valence-electron chi connectivity index (χ1n) is 10.7. The summed E-state index contributed by atoms with van der Waals surface area (Å²) in [7, 11) is -1.84. The Bertz CT molecular complexity index is 1050. The van der Waals surface area contributed by atoms with Crippen LogP contribution in [0.15, 0.2) is 30.3 Å². The molecule has 0 aliphatic carbocycles. The predicted molar refractivity (Wildman–Crippen MR) is 125 cm³/mol. The zero-order chi connectivity index (χ0) is 22.3. The Labute approximate surface area is 181 Å². The van der Waals surface area contributed by atoms with E-state index in [0.717, 1.165) is 39.8 Å². The van der Waals surface area contributed by atoms with Crippen LogP contribution in [0.4, 0.5) is 0 Å². The van der Waals surface area contributed by atoms with Gasteiger partial charge in [0.1, 0.15) is 11.6 Å². The molecule has 0 fully saturated rings. The van der Waals surface area contributed by atoms with Crippen LogP contribution in [-0.2, 0) is 17.6 Å². The molecule has 1 N–H and O–H groups in total. The Morgan fingerprint density at radius 3 is 2.47 bits per heavy atom. The van der Waals surface area contributed by atoms with E-state index in [1.807, 2.05) is 36.7 Å². The molecule has 2 aromatic carbocycles. The third-order valence-electron chi connectivity index (χ3n) is 6.66. The van der Waals surface area contributed by atoms with Gasteiger partial charge in [0, 0.05) is 6.54 Å². The lowest BCUT2D eigenvalue weighted by molar-refractivity contribution is 0.219. The Morgan fingerprint density at radius 1 is 1.13 bits per heavy atom. The second-order valence-electron chi connectivity index (χ2n) is 9.69. The molecular weight excluding hydrogens is 390 g/mol. The first-order chi connectivity index (χ1) is 14.0. The fraction of sp³-hybridized carbons (Fsp3) is 0.500. The van der Waals surface area contributed by atoms with Crippen molar-refractivity contribution >= 4 is 19.4 Å². The molecule has 3 rings (SSSR count). The van der Waals surface area contributed by atoms with Crippen molar-refractivity contribution in [3.05, 3.63) is 58.1 Å². The van der Waals surface area contributed by atoms with Crippen molar-refractivity contribution in [2.75, 3.05) is 0 Å². The molecule has 5 nitrogen and oxygen atoms in total. The lowest BCUT2D eigenvalue weighted by atomic mass is 9.94. The molecule has 0 bridgehead atoms. The molecule has 3 aromatic rings. The van der Waals surface area contributed by atoms with Crippen LogP contribution in [0.3, 0.4) is 0 Å². The van der Waals surface area contributed by atoms with Crippen molar-refractivity contribution in [3.63, 3.8) is 0 Å². The van der Waals surface area contributed by atoms with E-state index in [0.29, 0.717) is 6.61 Å². The van der Waals surface area contributed by atoms with Crippen molar-refractivity contribution in [2.45, 2.75) is 78.9 Å². The number of aromatic nitrogens is 3. The minimum atomic E-state index is -1.84. The fourth-order valence-corrected chi connectivity index (χ4v) is 4.33. The normalized spacial score (nSPS) is 13.8. The molecule has 0 aliphatic rings. The highest BCUT2D eigenvalue weighted by molar-refractivity contribution is 6.74. The molecule has 0 spiro atoms. The summed E-state index contributed by atoms with van der Waals surface area (Å²) in [6.07, 6.45) is -0.714. The molecule has 1 atom stereocenters. The van der Waals surface area contributed by atoms with Gasteiger partial charge in [-0.25, -0.2) is 4.68 Å². The van der Waals surface area contributed by atoms with E-state index < -0.39 is 14.4 Å². The molecule has 1 unspecified atom stereocenters. The number of nitrogens with zero attached hydrogens (tertiary/aromatic N) is 3. The molecule has 0 saturated heterocycles. The molecule has 0 aliphatic heterocycles. The van der Waals surface area contributed by atoms with Crippen LogP contribution in [-0.4, -0.2) is 28.4 Å². The van der Waals surface area contributed by atoms with Crippen molar-refractivity contribution < 1.29 is 9.53 Å². The average Bonchev–Trinajstić information content (AvgIpc) is 3.10. The molecule has 1 aromatic heterocycles. The van der Waals surface area contributed by atoms with Gasteiger partial charge in [-0.2, -0.15) is 0 Å². The van der Waals surface area contributed by atoms with Crippen LogP contribution in [0.2, 0.25) is 18.1 Å². The lowest BCUT2D eigenvalue weighted by Gasteiger charge is -2.36. The number of rotatable bonds is 6. The third-order valence-corrected chi connectivity index (χ3v) is 11.1. The summed E-state index contributed by atoms with van der Waals surface area (Å²) in [6.45, 7) is 18.8. The second kappa shape index (κ2) is 8.25. The number of aliphatic hydroxyl groups is 1. The summed E-state index contributed by atoms with van der Waals surface area (Å²) in [5, 5.41) is 19.9. The summed E-state index contributed by atoms with van der Waals surface area (Å²) in [5.41, 5.74) is 6.87. The summed E-state index contributed by atoms with van der Waals surface area (Å²) in [4.78, 5) is 0. The maximum Gasteiger partial charge on any atom is 0.192 e. The molecule has 0 amide bonds. The van der Waals surface area contributed by atoms with Gasteiger partial charge in [0.2, 0.25) is 0 Å². The van der Waals surface area contributed by atoms with Crippen LogP contribution < -0.4 is 0 Å². The van der Waals surface area contributed by atoms with Crippen LogP contribution in [0.1, 0.15) is 61.6 Å². The van der Waals surface area contributed by atoms with E-state index in [-0.39, 0.29) is 5.04 Å². The van der Waals surface area contributed by atoms with Crippen molar-refractivity contribution in [1.29, 1.82) is 0 Å². The van der Waals surface area contributed by atoms with Crippen molar-refractivity contribution in [1.82, 2.24) is 15.0 Å². The summed E-state index contributed by atoms with van der Waals surface area (Å²) in [5.74, 6) is 0. The topological polar surface area (TPSA) is 60.2 Å². The summed E-state index contributed by atoms with van der Waals surface area (Å²) in [6, 6.07) is 10.1. The van der Waals surface area contributed by atoms with E-state index in [1.165, 1.54) is 5.56 Å². The van der Waals surface area contributed by atoms with E-state index in [1.54, 1.807) is 0 Å². The molecular formula is C24H35N3O2Si. The largest absolute Gasteiger partial charge is 0.413 e. The van der Waals surface area contributed by atoms with Crippen LogP contribution in [0, 0.1) is 13.8 Å². The maximum absolute atomic E-state index is 11.2. The Balaban J connectivity index is 1.90. The molecule has 6 heteroatoms. The van der Waals surface area contributed by atoms with Crippen LogP contribution >= 0.6 is 0 Å². The molecule has 0 radical (unpaired) electrons. The van der Waals surface area contributed by atoms with Gasteiger partial charge < -0.3 is 9.53 Å². The predicted octanol–water partition coefficient (Wildman–Crippen LogP) is 5.67. The zero-order valence-corrected chi connectivity index (χ0v) is 20.6. The zero-order valence-electron chi connectivity index (χ0n) is 19.6. The number of aryl methyl sites for hydroxylation is 3. The highest BCUT2D eigenvalue weighted by Crippen LogP contribution is 2.37. The number of hydrogen-bond donors (Lipinski definition) is 1. The van der Waals surface area contributed by atoms with Crippen LogP contribution in [0.5, 0.6) is 0 Å². The smallest absolute Gasteiger partial charge is 0.192 e. The second-order valence-corrected chi connectivity index (χ2v) is 14.5. The van der Waals surface area contributed by atoms with E-state index in [2.05, 4.69) is 63.2 Å². The van der Waals surface area contributed by atoms with Gasteiger partial charge in [0.05, 0.1) is 12.1 Å². The number of fused-ring (bicyclic) bond motifs is 1. The first kappa shape index (κ1) is 22.7. The third kappa shape index (κ3) is 4.22. The van der Waals surface area contributed by atoms with Gasteiger partial charge in [-0.1, -0.05) is 50.3 Å². The first-order valence-corrected chi connectivity index (χ1v) is 13.6. The van der Waals surface area contributed by atoms with E-state index >= 15 is 0 Å². The Kier molecular flexibility index (Phi) is 6.23. The van der Waals surface area contributed by atoms with E-state index in [9.17, 15) is 5.11 Å². The maximum atomic E-state index is 11.2. The molecule has 0 saturated carbocycles. The van der Waals surface area contributed by atoms with Gasteiger partial charge in [-0.05, 0) is 72.8 Å². The molecule has 1 heterocycles. The highest BCUT2D eigenvalue weighted by Gasteiger charge is 2.37. The van der Waals surface area contributed by atoms with Crippen molar-refractivity contribution in [3.8, 4) is 0 Å². The number of aliphatic hydroxyl groups excluding tert-OH is 1. The van der Waals surface area contributed by atoms with E-state index in [4.69, 9.17) is 4.43 Å². The van der Waals surface area contributed by atoms with Gasteiger partial charge in [0.15, 0.2) is 8.32 Å². The van der Waals surface area contributed by atoms with Gasteiger partial charge in [0.25, 0.3) is 0 Å².